The third-order valence-corrected chi connectivity index (χ3v) is 5.26. The standard InChI is InChI=1S/C21H22N4O3S/c1-4-25-20(17-7-5-6-8-18(17)28-3)23-24-21(25)29-13-19(27)22-16-11-9-15(10-12-16)14(2)26/h5-12H,4,13H2,1-3H3,(H,22,27). The number of Topliss-reactive ketones (excluding diaryl/α,β-unsaturated/α-hetero) is 1. The largest absolute Gasteiger partial charge is 0.496 e. The average Bonchev–Trinajstić information content (AvgIpc) is 3.15. The van der Waals surface area contributed by atoms with Gasteiger partial charge in [0.1, 0.15) is 5.75 Å². The van der Waals surface area contributed by atoms with Crippen LogP contribution in [0, 0.1) is 0 Å². The molecule has 1 heterocycles. The van der Waals surface area contributed by atoms with E-state index in [1.165, 1.54) is 18.7 Å². The fourth-order valence-corrected chi connectivity index (χ4v) is 3.63. The molecule has 0 aliphatic carbocycles. The molecule has 1 aromatic heterocycles. The van der Waals surface area contributed by atoms with Gasteiger partial charge in [-0.15, -0.1) is 10.2 Å². The second kappa shape index (κ2) is 9.38. The maximum Gasteiger partial charge on any atom is 0.234 e. The number of para-hydroxylation sites is 1. The van der Waals surface area contributed by atoms with Crippen LogP contribution in [0.25, 0.3) is 11.4 Å². The summed E-state index contributed by atoms with van der Waals surface area (Å²) >= 11 is 1.32. The van der Waals surface area contributed by atoms with Crippen LogP contribution in [0.3, 0.4) is 0 Å². The maximum absolute atomic E-state index is 12.3. The Balaban J connectivity index is 1.68. The van der Waals surface area contributed by atoms with Crippen molar-refractivity contribution in [3.63, 3.8) is 0 Å². The lowest BCUT2D eigenvalue weighted by Gasteiger charge is -2.10. The van der Waals surface area contributed by atoms with E-state index in [9.17, 15) is 9.59 Å². The normalized spacial score (nSPS) is 10.6. The van der Waals surface area contributed by atoms with Gasteiger partial charge in [0.2, 0.25) is 5.91 Å². The Morgan fingerprint density at radius 3 is 2.48 bits per heavy atom. The van der Waals surface area contributed by atoms with E-state index in [2.05, 4.69) is 15.5 Å². The van der Waals surface area contributed by atoms with Crippen LogP contribution in [-0.4, -0.2) is 39.3 Å². The van der Waals surface area contributed by atoms with E-state index in [-0.39, 0.29) is 17.4 Å². The summed E-state index contributed by atoms with van der Waals surface area (Å²) in [7, 11) is 1.62. The zero-order valence-electron chi connectivity index (χ0n) is 16.5. The third-order valence-electron chi connectivity index (χ3n) is 4.29. The highest BCUT2D eigenvalue weighted by Crippen LogP contribution is 2.30. The molecule has 1 N–H and O–H groups in total. The van der Waals surface area contributed by atoms with Gasteiger partial charge in [-0.2, -0.15) is 0 Å². The van der Waals surface area contributed by atoms with Crippen molar-refractivity contribution in [1.29, 1.82) is 0 Å². The fraction of sp³-hybridized carbons (Fsp3) is 0.238. The van der Waals surface area contributed by atoms with Crippen LogP contribution < -0.4 is 10.1 Å². The van der Waals surface area contributed by atoms with Gasteiger partial charge in [0.15, 0.2) is 16.8 Å². The first kappa shape index (κ1) is 20.6. The predicted molar refractivity (Wildman–Crippen MR) is 113 cm³/mol. The summed E-state index contributed by atoms with van der Waals surface area (Å²) in [5.41, 5.74) is 2.11. The molecule has 0 saturated carbocycles. The summed E-state index contributed by atoms with van der Waals surface area (Å²) in [4.78, 5) is 23.6. The molecule has 3 rings (SSSR count). The number of anilines is 1. The molecule has 0 aliphatic heterocycles. The SMILES string of the molecule is CCn1c(SCC(=O)Nc2ccc(C(C)=O)cc2)nnc1-c1ccccc1OC. The van der Waals surface area contributed by atoms with Crippen molar-refractivity contribution >= 4 is 29.1 Å². The molecule has 29 heavy (non-hydrogen) atoms. The number of nitrogens with one attached hydrogen (secondary N) is 1. The molecule has 0 aliphatic rings. The molecule has 7 nitrogen and oxygen atoms in total. The van der Waals surface area contributed by atoms with Crippen LogP contribution in [0.4, 0.5) is 5.69 Å². The molecular weight excluding hydrogens is 388 g/mol. The Kier molecular flexibility index (Phi) is 6.66. The minimum Gasteiger partial charge on any atom is -0.496 e. The Morgan fingerprint density at radius 2 is 1.83 bits per heavy atom. The monoisotopic (exact) mass is 410 g/mol. The maximum atomic E-state index is 12.3. The molecule has 0 bridgehead atoms. The van der Waals surface area contributed by atoms with Gasteiger partial charge in [-0.3, -0.25) is 9.59 Å². The quantitative estimate of drug-likeness (QED) is 0.448. The summed E-state index contributed by atoms with van der Waals surface area (Å²) in [5, 5.41) is 12.0. The first-order valence-electron chi connectivity index (χ1n) is 9.13. The second-order valence-electron chi connectivity index (χ2n) is 6.22. The van der Waals surface area contributed by atoms with Crippen molar-refractivity contribution in [2.45, 2.75) is 25.5 Å². The Hall–Kier alpha value is -3.13. The topological polar surface area (TPSA) is 86.1 Å². The number of carbonyl (C=O) groups is 2. The lowest BCUT2D eigenvalue weighted by molar-refractivity contribution is -0.113. The van der Waals surface area contributed by atoms with Gasteiger partial charge in [-0.05, 0) is 50.2 Å². The van der Waals surface area contributed by atoms with E-state index in [0.717, 1.165) is 11.3 Å². The Morgan fingerprint density at radius 1 is 1.10 bits per heavy atom. The van der Waals surface area contributed by atoms with Crippen molar-refractivity contribution in [3.05, 3.63) is 54.1 Å². The number of ether oxygens (including phenoxy) is 1. The molecule has 0 fully saturated rings. The predicted octanol–water partition coefficient (Wildman–Crippen LogP) is 3.91. The number of amides is 1. The summed E-state index contributed by atoms with van der Waals surface area (Å²) < 4.78 is 7.38. The minimum absolute atomic E-state index is 0.0109. The van der Waals surface area contributed by atoms with Crippen molar-refractivity contribution in [3.8, 4) is 17.1 Å². The van der Waals surface area contributed by atoms with E-state index in [4.69, 9.17) is 4.74 Å². The fourth-order valence-electron chi connectivity index (χ4n) is 2.82. The van der Waals surface area contributed by atoms with Gasteiger partial charge in [0, 0.05) is 17.8 Å². The van der Waals surface area contributed by atoms with Gasteiger partial charge in [0.05, 0.1) is 18.4 Å². The zero-order chi connectivity index (χ0) is 20.8. The summed E-state index contributed by atoms with van der Waals surface area (Å²) in [6.45, 7) is 4.17. The molecule has 3 aromatic rings. The van der Waals surface area contributed by atoms with Crippen LogP contribution >= 0.6 is 11.8 Å². The van der Waals surface area contributed by atoms with Gasteiger partial charge >= 0.3 is 0 Å². The molecule has 8 heteroatoms. The number of rotatable bonds is 8. The van der Waals surface area contributed by atoms with Gasteiger partial charge in [0.25, 0.3) is 0 Å². The molecule has 0 atom stereocenters. The first-order valence-corrected chi connectivity index (χ1v) is 10.1. The lowest BCUT2D eigenvalue weighted by atomic mass is 10.1. The smallest absolute Gasteiger partial charge is 0.234 e. The van der Waals surface area contributed by atoms with Crippen molar-refractivity contribution in [1.82, 2.24) is 14.8 Å². The molecule has 0 unspecified atom stereocenters. The van der Waals surface area contributed by atoms with Crippen molar-refractivity contribution < 1.29 is 14.3 Å². The van der Waals surface area contributed by atoms with Crippen LogP contribution in [0.15, 0.2) is 53.7 Å². The number of carbonyl (C=O) groups excluding carboxylic acids is 2. The first-order chi connectivity index (χ1) is 14.0. The third kappa shape index (κ3) is 4.83. The highest BCUT2D eigenvalue weighted by atomic mass is 32.2. The van der Waals surface area contributed by atoms with Gasteiger partial charge in [-0.25, -0.2) is 0 Å². The zero-order valence-corrected chi connectivity index (χ0v) is 17.3. The summed E-state index contributed by atoms with van der Waals surface area (Å²) in [6, 6.07) is 14.4. The van der Waals surface area contributed by atoms with Gasteiger partial charge < -0.3 is 14.6 Å². The number of methoxy groups -OCH3 is 1. The minimum atomic E-state index is -0.157. The number of benzene rings is 2. The number of thioether (sulfide) groups is 1. The molecule has 0 spiro atoms. The van der Waals surface area contributed by atoms with Crippen LogP contribution in [0.5, 0.6) is 5.75 Å². The van der Waals surface area contributed by atoms with Gasteiger partial charge in [-0.1, -0.05) is 23.9 Å². The second-order valence-corrected chi connectivity index (χ2v) is 7.16. The van der Waals surface area contributed by atoms with Crippen molar-refractivity contribution in [2.75, 3.05) is 18.2 Å². The number of aromatic nitrogens is 3. The molecule has 0 saturated heterocycles. The number of hydrogen-bond donors (Lipinski definition) is 1. The molecule has 2 aromatic carbocycles. The number of hydrogen-bond acceptors (Lipinski definition) is 6. The van der Waals surface area contributed by atoms with Crippen molar-refractivity contribution in [2.24, 2.45) is 0 Å². The van der Waals surface area contributed by atoms with E-state index < -0.39 is 0 Å². The molecule has 150 valence electrons. The van der Waals surface area contributed by atoms with E-state index in [0.29, 0.717) is 28.8 Å². The van der Waals surface area contributed by atoms with E-state index in [1.54, 1.807) is 31.4 Å². The highest BCUT2D eigenvalue weighted by molar-refractivity contribution is 7.99. The molecule has 1 amide bonds. The molecular formula is C21H22N4O3S. The summed E-state index contributed by atoms with van der Waals surface area (Å²) in [5.74, 6) is 1.45. The van der Waals surface area contributed by atoms with Crippen LogP contribution in [0.2, 0.25) is 0 Å². The Bertz CT molecular complexity index is 1020. The Labute approximate surface area is 173 Å². The van der Waals surface area contributed by atoms with Crippen LogP contribution in [0.1, 0.15) is 24.2 Å². The van der Waals surface area contributed by atoms with Crippen LogP contribution in [-0.2, 0) is 11.3 Å². The number of ketones is 1. The summed E-state index contributed by atoms with van der Waals surface area (Å²) in [6.07, 6.45) is 0. The average molecular weight is 410 g/mol. The highest BCUT2D eigenvalue weighted by Gasteiger charge is 2.17. The lowest BCUT2D eigenvalue weighted by Crippen LogP contribution is -2.14. The van der Waals surface area contributed by atoms with E-state index in [1.807, 2.05) is 35.8 Å². The van der Waals surface area contributed by atoms with E-state index >= 15 is 0 Å². The molecule has 0 radical (unpaired) electrons. The number of nitrogens with zero attached hydrogens (tertiary/aromatic N) is 3.